The van der Waals surface area contributed by atoms with Crippen LogP contribution < -0.4 is 4.31 Å². The van der Waals surface area contributed by atoms with E-state index < -0.39 is 11.3 Å². The van der Waals surface area contributed by atoms with Gasteiger partial charge in [-0.25, -0.2) is 14.4 Å². The smallest absolute Gasteiger partial charge is 0.237 e. The van der Waals surface area contributed by atoms with Crippen LogP contribution in [-0.2, 0) is 17.7 Å². The Bertz CT molecular complexity index is 720. The molecule has 2 rings (SSSR count). The van der Waals surface area contributed by atoms with E-state index in [4.69, 9.17) is 0 Å². The van der Waals surface area contributed by atoms with Crippen molar-refractivity contribution >= 4 is 17.2 Å². The maximum atomic E-state index is 13.2. The molecule has 0 aliphatic rings. The largest absolute Gasteiger partial charge is 0.755 e. The minimum atomic E-state index is -2.46. The van der Waals surface area contributed by atoms with Crippen LogP contribution in [0.5, 0.6) is 0 Å². The number of hydrogen-bond donors (Lipinski definition) is 0. The minimum Gasteiger partial charge on any atom is -0.755 e. The van der Waals surface area contributed by atoms with Gasteiger partial charge in [-0.05, 0) is 36.6 Å². The van der Waals surface area contributed by atoms with Crippen molar-refractivity contribution in [3.8, 4) is 11.3 Å². The summed E-state index contributed by atoms with van der Waals surface area (Å²) in [6.45, 7) is 5.98. The Kier molecular flexibility index (Phi) is 5.43. The third-order valence-corrected chi connectivity index (χ3v) is 4.16. The summed E-state index contributed by atoms with van der Waals surface area (Å²) in [6, 6.07) is 6.00. The minimum absolute atomic E-state index is 0.110. The van der Waals surface area contributed by atoms with Gasteiger partial charge in [-0.1, -0.05) is 20.8 Å². The lowest BCUT2D eigenvalue weighted by atomic mass is 9.97. The number of nitrogens with zero attached hydrogens (tertiary/aromatic N) is 3. The van der Waals surface area contributed by atoms with Gasteiger partial charge in [0.25, 0.3) is 0 Å². The van der Waals surface area contributed by atoms with Crippen molar-refractivity contribution in [2.24, 2.45) is 0 Å². The maximum Gasteiger partial charge on any atom is 0.237 e. The zero-order chi connectivity index (χ0) is 17.1. The van der Waals surface area contributed by atoms with Crippen molar-refractivity contribution in [2.45, 2.75) is 33.1 Å². The number of hydrogen-bond acceptors (Lipinski definition) is 4. The standard InChI is InChI=1S/C16H20FN3O2S/c1-5-13-14(10(2)3)18-16(20(4)23(21)22)19-15(13)11-6-8-12(17)9-7-11/h6-10H,5H2,1-4H3,(H,21,22)/p-1. The van der Waals surface area contributed by atoms with Gasteiger partial charge >= 0.3 is 0 Å². The summed E-state index contributed by atoms with van der Waals surface area (Å²) < 4.78 is 36.6. The molecule has 0 N–H and O–H groups in total. The van der Waals surface area contributed by atoms with Gasteiger partial charge in [0, 0.05) is 29.4 Å². The average Bonchev–Trinajstić information content (AvgIpc) is 2.53. The number of halogens is 1. The highest BCUT2D eigenvalue weighted by Gasteiger charge is 2.19. The van der Waals surface area contributed by atoms with Crippen LogP contribution in [0.3, 0.4) is 0 Å². The molecule has 1 unspecified atom stereocenters. The molecule has 1 aromatic heterocycles. The fourth-order valence-electron chi connectivity index (χ4n) is 2.37. The van der Waals surface area contributed by atoms with Gasteiger partial charge in [-0.2, -0.15) is 0 Å². The lowest BCUT2D eigenvalue weighted by Crippen LogP contribution is -2.23. The molecule has 0 fully saturated rings. The van der Waals surface area contributed by atoms with Crippen molar-refractivity contribution in [1.82, 2.24) is 9.97 Å². The van der Waals surface area contributed by atoms with E-state index in [0.29, 0.717) is 12.1 Å². The summed E-state index contributed by atoms with van der Waals surface area (Å²) >= 11 is -2.46. The van der Waals surface area contributed by atoms with Crippen LogP contribution in [0.1, 0.15) is 37.9 Å². The number of aromatic nitrogens is 2. The Morgan fingerprint density at radius 3 is 2.35 bits per heavy atom. The van der Waals surface area contributed by atoms with Gasteiger partial charge in [0.1, 0.15) is 5.82 Å². The quantitative estimate of drug-likeness (QED) is 0.786. The Balaban J connectivity index is 2.71. The van der Waals surface area contributed by atoms with E-state index in [0.717, 1.165) is 21.1 Å². The van der Waals surface area contributed by atoms with Crippen LogP contribution in [-0.4, -0.2) is 25.8 Å². The lowest BCUT2D eigenvalue weighted by molar-refractivity contribution is 0.534. The molecule has 1 atom stereocenters. The molecule has 5 nitrogen and oxygen atoms in total. The first-order valence-electron chi connectivity index (χ1n) is 7.35. The molecule has 0 aliphatic heterocycles. The molecule has 0 spiro atoms. The normalized spacial score (nSPS) is 12.5. The molecular formula is C16H19FN3O2S-. The van der Waals surface area contributed by atoms with Crippen LogP contribution in [0.15, 0.2) is 24.3 Å². The molecule has 0 aliphatic carbocycles. The second-order valence-corrected chi connectivity index (χ2v) is 6.45. The highest BCUT2D eigenvalue weighted by Crippen LogP contribution is 2.30. The molecule has 0 bridgehead atoms. The van der Waals surface area contributed by atoms with E-state index in [-0.39, 0.29) is 17.7 Å². The highest BCUT2D eigenvalue weighted by molar-refractivity contribution is 7.80. The van der Waals surface area contributed by atoms with Gasteiger partial charge in [0.15, 0.2) is 0 Å². The van der Waals surface area contributed by atoms with E-state index in [9.17, 15) is 13.2 Å². The summed E-state index contributed by atoms with van der Waals surface area (Å²) in [5.74, 6) is -0.110. The Morgan fingerprint density at radius 1 is 1.26 bits per heavy atom. The summed E-state index contributed by atoms with van der Waals surface area (Å²) in [5, 5.41) is 0. The summed E-state index contributed by atoms with van der Waals surface area (Å²) in [6.07, 6.45) is 0.699. The lowest BCUT2D eigenvalue weighted by Gasteiger charge is -2.23. The van der Waals surface area contributed by atoms with Crippen molar-refractivity contribution in [3.05, 3.63) is 41.3 Å². The van der Waals surface area contributed by atoms with E-state index >= 15 is 0 Å². The van der Waals surface area contributed by atoms with Crippen molar-refractivity contribution in [3.63, 3.8) is 0 Å². The Labute approximate surface area is 138 Å². The predicted molar refractivity (Wildman–Crippen MR) is 88.2 cm³/mol. The third kappa shape index (κ3) is 3.73. The second-order valence-electron chi connectivity index (χ2n) is 5.47. The molecule has 0 saturated carbocycles. The highest BCUT2D eigenvalue weighted by atomic mass is 32.2. The van der Waals surface area contributed by atoms with E-state index in [1.54, 1.807) is 12.1 Å². The first-order valence-corrected chi connectivity index (χ1v) is 8.38. The molecular weight excluding hydrogens is 317 g/mol. The summed E-state index contributed by atoms with van der Waals surface area (Å²) in [4.78, 5) is 8.82. The van der Waals surface area contributed by atoms with Gasteiger partial charge < -0.3 is 4.55 Å². The Morgan fingerprint density at radius 2 is 1.87 bits per heavy atom. The topological polar surface area (TPSA) is 69.2 Å². The van der Waals surface area contributed by atoms with E-state index in [1.807, 2.05) is 20.8 Å². The second kappa shape index (κ2) is 7.14. The van der Waals surface area contributed by atoms with Crippen LogP contribution in [0.4, 0.5) is 10.3 Å². The zero-order valence-electron chi connectivity index (χ0n) is 13.5. The van der Waals surface area contributed by atoms with Crippen LogP contribution in [0.2, 0.25) is 0 Å². The molecule has 2 aromatic rings. The van der Waals surface area contributed by atoms with Crippen LogP contribution in [0.25, 0.3) is 11.3 Å². The van der Waals surface area contributed by atoms with Crippen molar-refractivity contribution in [2.75, 3.05) is 11.4 Å². The Hall–Kier alpha value is -1.86. The monoisotopic (exact) mass is 336 g/mol. The summed E-state index contributed by atoms with van der Waals surface area (Å²) in [5.41, 5.74) is 3.12. The van der Waals surface area contributed by atoms with Gasteiger partial charge in [0.05, 0.1) is 11.4 Å². The van der Waals surface area contributed by atoms with Gasteiger partial charge in [-0.15, -0.1) is 0 Å². The molecule has 0 amide bonds. The fraction of sp³-hybridized carbons (Fsp3) is 0.375. The SMILES string of the molecule is CCc1c(-c2ccc(F)cc2)nc(N(C)S(=O)[O-])nc1C(C)C. The average molecular weight is 336 g/mol. The van der Waals surface area contributed by atoms with E-state index in [2.05, 4.69) is 9.97 Å². The molecule has 1 aromatic carbocycles. The molecule has 23 heavy (non-hydrogen) atoms. The predicted octanol–water partition coefficient (Wildman–Crippen LogP) is 3.20. The molecule has 124 valence electrons. The number of rotatable bonds is 5. The molecule has 7 heteroatoms. The maximum absolute atomic E-state index is 13.2. The third-order valence-electron chi connectivity index (χ3n) is 3.55. The van der Waals surface area contributed by atoms with Gasteiger partial charge in [0.2, 0.25) is 5.95 Å². The van der Waals surface area contributed by atoms with Crippen molar-refractivity contribution in [1.29, 1.82) is 0 Å². The number of benzene rings is 1. The van der Waals surface area contributed by atoms with E-state index in [1.165, 1.54) is 19.2 Å². The molecule has 0 radical (unpaired) electrons. The first-order chi connectivity index (χ1) is 10.8. The molecule has 0 saturated heterocycles. The van der Waals surface area contributed by atoms with Gasteiger partial charge in [-0.3, -0.25) is 8.51 Å². The fourth-order valence-corrected chi connectivity index (χ4v) is 2.58. The molecule has 1 heterocycles. The zero-order valence-corrected chi connectivity index (χ0v) is 14.4. The summed E-state index contributed by atoms with van der Waals surface area (Å²) in [7, 11) is 1.39. The number of anilines is 1. The first kappa shape index (κ1) is 17.5. The van der Waals surface area contributed by atoms with Crippen molar-refractivity contribution < 1.29 is 13.2 Å². The van der Waals surface area contributed by atoms with Crippen LogP contribution in [0, 0.1) is 5.82 Å². The van der Waals surface area contributed by atoms with Crippen LogP contribution >= 0.6 is 0 Å².